The third-order valence-electron chi connectivity index (χ3n) is 2.13. The second-order valence-corrected chi connectivity index (χ2v) is 3.29. The molecule has 0 aliphatic carbocycles. The maximum absolute atomic E-state index is 10.6. The molecule has 0 radical (unpaired) electrons. The van der Waals surface area contributed by atoms with Gasteiger partial charge in [-0.1, -0.05) is 6.58 Å². The van der Waals surface area contributed by atoms with E-state index in [4.69, 9.17) is 15.1 Å². The molecular weight excluding hydrogens is 220 g/mol. The summed E-state index contributed by atoms with van der Waals surface area (Å²) in [6.07, 6.45) is 0. The fourth-order valence-electron chi connectivity index (χ4n) is 1.18. The van der Waals surface area contributed by atoms with Crippen molar-refractivity contribution in [3.8, 4) is 11.8 Å². The number of methoxy groups -OCH3 is 1. The van der Waals surface area contributed by atoms with Crippen molar-refractivity contribution < 1.29 is 14.6 Å². The first kappa shape index (κ1) is 12.6. The number of aliphatic carboxylic acids is 1. The van der Waals surface area contributed by atoms with Gasteiger partial charge in [-0.3, -0.25) is 0 Å². The van der Waals surface area contributed by atoms with Crippen molar-refractivity contribution in [3.63, 3.8) is 0 Å². The Kier molecular flexibility index (Phi) is 4.12. The van der Waals surface area contributed by atoms with Crippen LogP contribution < -0.4 is 10.1 Å². The molecule has 1 aromatic rings. The van der Waals surface area contributed by atoms with Crippen LogP contribution in [-0.2, 0) is 4.79 Å². The first-order valence-corrected chi connectivity index (χ1v) is 4.81. The molecule has 0 aromatic heterocycles. The van der Waals surface area contributed by atoms with Gasteiger partial charge < -0.3 is 15.2 Å². The lowest BCUT2D eigenvalue weighted by Gasteiger charge is -2.11. The summed E-state index contributed by atoms with van der Waals surface area (Å²) in [6.45, 7) is 3.51. The number of nitrogens with zero attached hydrogens (tertiary/aromatic N) is 1. The molecule has 2 N–H and O–H groups in total. The zero-order chi connectivity index (χ0) is 12.8. The van der Waals surface area contributed by atoms with Crippen molar-refractivity contribution >= 4 is 11.7 Å². The van der Waals surface area contributed by atoms with E-state index in [9.17, 15) is 4.79 Å². The highest BCUT2D eigenvalue weighted by Crippen LogP contribution is 2.25. The first-order valence-electron chi connectivity index (χ1n) is 4.81. The molecule has 0 aliphatic heterocycles. The van der Waals surface area contributed by atoms with Gasteiger partial charge in [0, 0.05) is 18.2 Å². The van der Waals surface area contributed by atoms with E-state index in [0.717, 1.165) is 0 Å². The molecule has 88 valence electrons. The number of hydrogen-bond acceptors (Lipinski definition) is 4. The van der Waals surface area contributed by atoms with Crippen LogP contribution in [0.15, 0.2) is 30.4 Å². The molecule has 0 amide bonds. The van der Waals surface area contributed by atoms with E-state index in [1.54, 1.807) is 18.2 Å². The van der Waals surface area contributed by atoms with E-state index in [1.165, 1.54) is 7.11 Å². The average Bonchev–Trinajstić information content (AvgIpc) is 2.35. The summed E-state index contributed by atoms with van der Waals surface area (Å²) in [5, 5.41) is 20.3. The van der Waals surface area contributed by atoms with Crippen LogP contribution in [0.2, 0.25) is 0 Å². The van der Waals surface area contributed by atoms with Gasteiger partial charge in [-0.2, -0.15) is 5.26 Å². The number of nitriles is 1. The van der Waals surface area contributed by atoms with Crippen molar-refractivity contribution in [1.82, 2.24) is 0 Å². The predicted octanol–water partition coefficient (Wildman–Crippen LogP) is 1.62. The number of hydrogen-bond donors (Lipinski definition) is 2. The number of carboxylic acid groups (broad SMARTS) is 1. The molecule has 0 saturated heterocycles. The van der Waals surface area contributed by atoms with Gasteiger partial charge in [0.05, 0.1) is 24.4 Å². The quantitative estimate of drug-likeness (QED) is 0.754. The lowest BCUT2D eigenvalue weighted by atomic mass is 10.2. The van der Waals surface area contributed by atoms with Crippen LogP contribution >= 0.6 is 0 Å². The van der Waals surface area contributed by atoms with Gasteiger partial charge >= 0.3 is 5.97 Å². The number of benzene rings is 1. The highest BCUT2D eigenvalue weighted by atomic mass is 16.5. The van der Waals surface area contributed by atoms with E-state index in [0.29, 0.717) is 17.0 Å². The third-order valence-corrected chi connectivity index (χ3v) is 2.13. The van der Waals surface area contributed by atoms with Gasteiger partial charge in [0.15, 0.2) is 0 Å². The maximum atomic E-state index is 10.6. The largest absolute Gasteiger partial charge is 0.495 e. The Morgan fingerprint density at radius 3 is 2.88 bits per heavy atom. The molecule has 0 fully saturated rings. The second kappa shape index (κ2) is 5.56. The van der Waals surface area contributed by atoms with Crippen molar-refractivity contribution in [3.05, 3.63) is 35.9 Å². The van der Waals surface area contributed by atoms with Crippen LogP contribution in [-0.4, -0.2) is 24.7 Å². The highest BCUT2D eigenvalue weighted by Gasteiger charge is 2.07. The molecule has 5 heteroatoms. The number of ether oxygens (including phenoxy) is 1. The number of carbonyl (C=O) groups is 1. The molecule has 0 bridgehead atoms. The molecule has 5 nitrogen and oxygen atoms in total. The average molecular weight is 232 g/mol. The van der Waals surface area contributed by atoms with Crippen molar-refractivity contribution in [2.45, 2.75) is 0 Å². The van der Waals surface area contributed by atoms with E-state index in [2.05, 4.69) is 11.9 Å². The predicted molar refractivity (Wildman–Crippen MR) is 63.0 cm³/mol. The summed E-state index contributed by atoms with van der Waals surface area (Å²) in [4.78, 5) is 10.6. The SMILES string of the molecule is C=C(CNc1ccc(C#N)cc1OC)C(=O)O. The minimum atomic E-state index is -1.05. The summed E-state index contributed by atoms with van der Waals surface area (Å²) in [6, 6.07) is 6.85. The molecule has 1 rings (SSSR count). The third kappa shape index (κ3) is 3.24. The fraction of sp³-hybridized carbons (Fsp3) is 0.167. The Morgan fingerprint density at radius 2 is 2.35 bits per heavy atom. The fourth-order valence-corrected chi connectivity index (χ4v) is 1.18. The smallest absolute Gasteiger partial charge is 0.332 e. The van der Waals surface area contributed by atoms with Gasteiger partial charge in [-0.05, 0) is 12.1 Å². The van der Waals surface area contributed by atoms with Crippen LogP contribution in [0.1, 0.15) is 5.56 Å². The molecule has 0 heterocycles. The Labute approximate surface area is 98.9 Å². The topological polar surface area (TPSA) is 82.3 Å². The molecule has 0 atom stereocenters. The summed E-state index contributed by atoms with van der Waals surface area (Å²) in [5.74, 6) is -0.563. The molecule has 0 aliphatic rings. The summed E-state index contributed by atoms with van der Waals surface area (Å²) < 4.78 is 5.09. The van der Waals surface area contributed by atoms with Crippen LogP contribution in [0, 0.1) is 11.3 Å². The normalized spacial score (nSPS) is 9.18. The Hall–Kier alpha value is -2.48. The van der Waals surface area contributed by atoms with Gasteiger partial charge in [0.25, 0.3) is 0 Å². The van der Waals surface area contributed by atoms with Crippen LogP contribution in [0.25, 0.3) is 0 Å². The summed E-state index contributed by atoms with van der Waals surface area (Å²) in [7, 11) is 1.48. The monoisotopic (exact) mass is 232 g/mol. The van der Waals surface area contributed by atoms with Gasteiger partial charge in [-0.25, -0.2) is 4.79 Å². The summed E-state index contributed by atoms with van der Waals surface area (Å²) >= 11 is 0. The van der Waals surface area contributed by atoms with Gasteiger partial charge in [0.2, 0.25) is 0 Å². The van der Waals surface area contributed by atoms with Crippen LogP contribution in [0.4, 0.5) is 5.69 Å². The molecular formula is C12H12N2O3. The zero-order valence-corrected chi connectivity index (χ0v) is 9.36. The zero-order valence-electron chi connectivity index (χ0n) is 9.36. The highest BCUT2D eigenvalue weighted by molar-refractivity contribution is 5.87. The van der Waals surface area contributed by atoms with E-state index in [-0.39, 0.29) is 12.1 Å². The number of rotatable bonds is 5. The van der Waals surface area contributed by atoms with Gasteiger partial charge in [-0.15, -0.1) is 0 Å². The van der Waals surface area contributed by atoms with E-state index in [1.807, 2.05) is 6.07 Å². The summed E-state index contributed by atoms with van der Waals surface area (Å²) in [5.41, 5.74) is 1.15. The Morgan fingerprint density at radius 1 is 1.65 bits per heavy atom. The minimum Gasteiger partial charge on any atom is -0.495 e. The lowest BCUT2D eigenvalue weighted by molar-refractivity contribution is -0.132. The first-order chi connectivity index (χ1) is 8.08. The number of anilines is 1. The Balaban J connectivity index is 2.81. The lowest BCUT2D eigenvalue weighted by Crippen LogP contribution is -2.11. The minimum absolute atomic E-state index is 0.0522. The number of nitrogens with one attached hydrogen (secondary N) is 1. The molecule has 17 heavy (non-hydrogen) atoms. The van der Waals surface area contributed by atoms with E-state index < -0.39 is 5.97 Å². The molecule has 0 spiro atoms. The number of carboxylic acids is 1. The van der Waals surface area contributed by atoms with E-state index >= 15 is 0 Å². The van der Waals surface area contributed by atoms with Crippen LogP contribution in [0.3, 0.4) is 0 Å². The molecule has 0 saturated carbocycles. The molecule has 0 unspecified atom stereocenters. The Bertz CT molecular complexity index is 489. The maximum Gasteiger partial charge on any atom is 0.332 e. The van der Waals surface area contributed by atoms with Crippen LogP contribution in [0.5, 0.6) is 5.75 Å². The molecule has 1 aromatic carbocycles. The van der Waals surface area contributed by atoms with Crippen molar-refractivity contribution in [2.24, 2.45) is 0 Å². The standard InChI is InChI=1S/C12H12N2O3/c1-8(12(15)16)7-14-10-4-3-9(6-13)5-11(10)17-2/h3-5,14H,1,7H2,2H3,(H,15,16). The van der Waals surface area contributed by atoms with Crippen molar-refractivity contribution in [1.29, 1.82) is 5.26 Å². The van der Waals surface area contributed by atoms with Gasteiger partial charge in [0.1, 0.15) is 5.75 Å². The van der Waals surface area contributed by atoms with Crippen molar-refractivity contribution in [2.75, 3.05) is 19.0 Å². The second-order valence-electron chi connectivity index (χ2n) is 3.29.